The average molecular weight is 461 g/mol. The van der Waals surface area contributed by atoms with Crippen molar-refractivity contribution in [3.63, 3.8) is 0 Å². The summed E-state index contributed by atoms with van der Waals surface area (Å²) in [6.07, 6.45) is 4.39. The van der Waals surface area contributed by atoms with E-state index in [4.69, 9.17) is 9.73 Å². The Hall–Kier alpha value is -0.890. The number of halogens is 2. The molecule has 3 rings (SSSR count). The highest BCUT2D eigenvalue weighted by molar-refractivity contribution is 14.0. The lowest BCUT2D eigenvalue weighted by Gasteiger charge is -2.36. The van der Waals surface area contributed by atoms with Crippen LogP contribution in [-0.2, 0) is 10.2 Å². The van der Waals surface area contributed by atoms with E-state index in [-0.39, 0.29) is 35.2 Å². The number of hydrogen-bond acceptors (Lipinski definition) is 2. The number of rotatable bonds is 6. The van der Waals surface area contributed by atoms with Crippen molar-refractivity contribution < 1.29 is 9.13 Å². The van der Waals surface area contributed by atoms with Gasteiger partial charge in [-0.25, -0.2) is 4.39 Å². The van der Waals surface area contributed by atoms with Crippen LogP contribution in [0.25, 0.3) is 0 Å². The third kappa shape index (κ3) is 5.81. The monoisotopic (exact) mass is 461 g/mol. The summed E-state index contributed by atoms with van der Waals surface area (Å²) < 4.78 is 19.3. The quantitative estimate of drug-likeness (QED) is 0.388. The smallest absolute Gasteiger partial charge is 0.191 e. The highest BCUT2D eigenvalue weighted by atomic mass is 127. The maximum atomic E-state index is 13.7. The average Bonchev–Trinajstić information content (AvgIpc) is 3.43. The minimum atomic E-state index is -0.180. The lowest BCUT2D eigenvalue weighted by Crippen LogP contribution is -2.41. The third-order valence-electron chi connectivity index (χ3n) is 5.03. The highest BCUT2D eigenvalue weighted by Crippen LogP contribution is 2.35. The third-order valence-corrected chi connectivity index (χ3v) is 5.03. The lowest BCUT2D eigenvalue weighted by molar-refractivity contribution is 0.0530. The van der Waals surface area contributed by atoms with Gasteiger partial charge in [-0.1, -0.05) is 12.1 Å². The molecule has 0 bridgehead atoms. The van der Waals surface area contributed by atoms with Crippen molar-refractivity contribution in [2.24, 2.45) is 10.9 Å². The molecule has 2 fully saturated rings. The Morgan fingerprint density at radius 3 is 2.68 bits per heavy atom. The van der Waals surface area contributed by atoms with Gasteiger partial charge in [0.2, 0.25) is 0 Å². The van der Waals surface area contributed by atoms with Crippen LogP contribution in [0.15, 0.2) is 29.3 Å². The molecule has 0 unspecified atom stereocenters. The summed E-state index contributed by atoms with van der Waals surface area (Å²) in [6, 6.07) is 6.98. The van der Waals surface area contributed by atoms with E-state index in [0.717, 1.165) is 43.4 Å². The van der Waals surface area contributed by atoms with Gasteiger partial charge in [0.25, 0.3) is 0 Å². The second kappa shape index (κ2) is 9.71. The van der Waals surface area contributed by atoms with Gasteiger partial charge in [0.15, 0.2) is 5.96 Å². The minimum Gasteiger partial charge on any atom is -0.381 e. The first-order valence-corrected chi connectivity index (χ1v) is 9.08. The van der Waals surface area contributed by atoms with Crippen molar-refractivity contribution in [2.45, 2.75) is 38.0 Å². The van der Waals surface area contributed by atoms with Gasteiger partial charge in [-0.05, 0) is 56.2 Å². The molecule has 1 aromatic rings. The molecule has 1 aromatic carbocycles. The molecule has 140 valence electrons. The Morgan fingerprint density at radius 2 is 2.04 bits per heavy atom. The predicted octanol–water partition coefficient (Wildman–Crippen LogP) is 3.46. The number of ether oxygens (including phenoxy) is 1. The van der Waals surface area contributed by atoms with Crippen LogP contribution in [0, 0.1) is 11.7 Å². The summed E-state index contributed by atoms with van der Waals surface area (Å²) in [7, 11) is 0. The molecule has 0 atom stereocenters. The molecule has 2 N–H and O–H groups in total. The lowest BCUT2D eigenvalue weighted by atomic mass is 9.74. The zero-order valence-electron chi connectivity index (χ0n) is 14.9. The number of nitrogens with zero attached hydrogens (tertiary/aromatic N) is 1. The van der Waals surface area contributed by atoms with E-state index >= 15 is 0 Å². The van der Waals surface area contributed by atoms with Crippen molar-refractivity contribution in [1.29, 1.82) is 0 Å². The molecular formula is C19H29FIN3O. The fraction of sp³-hybridized carbons (Fsp3) is 0.632. The summed E-state index contributed by atoms with van der Waals surface area (Å²) in [5.74, 6) is 1.49. The Morgan fingerprint density at radius 1 is 1.28 bits per heavy atom. The summed E-state index contributed by atoms with van der Waals surface area (Å²) in [5, 5.41) is 6.75. The maximum absolute atomic E-state index is 13.7. The van der Waals surface area contributed by atoms with Crippen LogP contribution in [0.5, 0.6) is 0 Å². The first-order chi connectivity index (χ1) is 11.7. The summed E-state index contributed by atoms with van der Waals surface area (Å²) in [4.78, 5) is 4.83. The predicted molar refractivity (Wildman–Crippen MR) is 110 cm³/mol. The van der Waals surface area contributed by atoms with Crippen molar-refractivity contribution in [2.75, 3.05) is 32.8 Å². The molecule has 1 heterocycles. The molecule has 4 nitrogen and oxygen atoms in total. The Labute approximate surface area is 167 Å². The Kier molecular flexibility index (Phi) is 7.93. The fourth-order valence-corrected chi connectivity index (χ4v) is 3.25. The van der Waals surface area contributed by atoms with Gasteiger partial charge in [-0.2, -0.15) is 0 Å². The van der Waals surface area contributed by atoms with Gasteiger partial charge in [-0.3, -0.25) is 4.99 Å². The summed E-state index contributed by atoms with van der Waals surface area (Å²) in [5.41, 5.74) is 0.898. The van der Waals surface area contributed by atoms with Crippen LogP contribution in [0.3, 0.4) is 0 Å². The number of guanidine groups is 1. The number of benzene rings is 1. The van der Waals surface area contributed by atoms with Crippen LogP contribution >= 0.6 is 24.0 Å². The Balaban J connectivity index is 0.00000225. The van der Waals surface area contributed by atoms with Crippen LogP contribution in [0.1, 0.15) is 38.2 Å². The van der Waals surface area contributed by atoms with Gasteiger partial charge in [-0.15, -0.1) is 24.0 Å². The van der Waals surface area contributed by atoms with E-state index in [0.29, 0.717) is 19.8 Å². The highest BCUT2D eigenvalue weighted by Gasteiger charge is 2.34. The van der Waals surface area contributed by atoms with E-state index in [9.17, 15) is 4.39 Å². The molecule has 1 aliphatic carbocycles. The zero-order chi connectivity index (χ0) is 16.8. The van der Waals surface area contributed by atoms with Gasteiger partial charge in [0.05, 0.1) is 6.54 Å². The summed E-state index contributed by atoms with van der Waals surface area (Å²) >= 11 is 0. The summed E-state index contributed by atoms with van der Waals surface area (Å²) in [6.45, 7) is 5.97. The molecule has 6 heteroatoms. The maximum Gasteiger partial charge on any atom is 0.191 e. The molecule has 0 spiro atoms. The molecule has 25 heavy (non-hydrogen) atoms. The van der Waals surface area contributed by atoms with Gasteiger partial charge < -0.3 is 15.4 Å². The van der Waals surface area contributed by atoms with Crippen molar-refractivity contribution >= 4 is 29.9 Å². The molecule has 1 saturated heterocycles. The van der Waals surface area contributed by atoms with Gasteiger partial charge in [0.1, 0.15) is 5.82 Å². The minimum absolute atomic E-state index is 0. The fourth-order valence-electron chi connectivity index (χ4n) is 3.25. The van der Waals surface area contributed by atoms with Crippen molar-refractivity contribution in [3.05, 3.63) is 35.6 Å². The van der Waals surface area contributed by atoms with Crippen molar-refractivity contribution in [1.82, 2.24) is 10.6 Å². The van der Waals surface area contributed by atoms with E-state index < -0.39 is 0 Å². The van der Waals surface area contributed by atoms with E-state index in [1.165, 1.54) is 18.9 Å². The van der Waals surface area contributed by atoms with Crippen LogP contribution in [0.2, 0.25) is 0 Å². The van der Waals surface area contributed by atoms with Crippen molar-refractivity contribution in [3.8, 4) is 0 Å². The van der Waals surface area contributed by atoms with Crippen LogP contribution in [0.4, 0.5) is 4.39 Å². The van der Waals surface area contributed by atoms with Gasteiger partial charge in [0, 0.05) is 31.7 Å². The second-order valence-corrected chi connectivity index (χ2v) is 6.92. The number of nitrogens with one attached hydrogen (secondary N) is 2. The normalized spacial score (nSPS) is 19.8. The molecule has 0 amide bonds. The molecular weight excluding hydrogens is 432 g/mol. The second-order valence-electron chi connectivity index (χ2n) is 6.92. The zero-order valence-corrected chi connectivity index (χ0v) is 17.2. The van der Waals surface area contributed by atoms with E-state index in [1.807, 2.05) is 6.07 Å². The molecule has 1 saturated carbocycles. The molecule has 0 radical (unpaired) electrons. The Bertz CT molecular complexity index is 572. The van der Waals surface area contributed by atoms with Crippen LogP contribution < -0.4 is 10.6 Å². The number of hydrogen-bond donors (Lipinski definition) is 2. The molecule has 1 aliphatic heterocycles. The standard InChI is InChI=1S/C19H28FN3O.HI/c1-2-21-18(22-13-15-6-7-15)23-14-19(8-10-24-11-9-19)16-4-3-5-17(20)12-16;/h3-5,12,15H,2,6-11,13-14H2,1H3,(H2,21,22,23);1H. The topological polar surface area (TPSA) is 45.7 Å². The first kappa shape index (κ1) is 20.4. The van der Waals surface area contributed by atoms with Gasteiger partial charge >= 0.3 is 0 Å². The molecule has 2 aliphatic rings. The largest absolute Gasteiger partial charge is 0.381 e. The van der Waals surface area contributed by atoms with E-state index in [2.05, 4.69) is 17.6 Å². The SMILES string of the molecule is CCNC(=NCC1(c2cccc(F)c2)CCOCC1)NCC1CC1.I. The first-order valence-electron chi connectivity index (χ1n) is 9.08. The number of aliphatic imine (C=N–C) groups is 1. The molecule has 0 aromatic heterocycles. The van der Waals surface area contributed by atoms with E-state index in [1.54, 1.807) is 12.1 Å². The van der Waals surface area contributed by atoms with Crippen LogP contribution in [-0.4, -0.2) is 38.8 Å².